The molecule has 0 aliphatic carbocycles. The number of likely N-dealkylation sites (tertiary alicyclic amines) is 1. The van der Waals surface area contributed by atoms with Crippen LogP contribution in [0.3, 0.4) is 0 Å². The SMILES string of the molecule is COCCNC(=O)N1CCC[C@@H](c2nc(-c3ccccc3)n[nH]2)C1. The minimum Gasteiger partial charge on any atom is -0.383 e. The van der Waals surface area contributed by atoms with E-state index in [0.29, 0.717) is 25.5 Å². The Labute approximate surface area is 141 Å². The summed E-state index contributed by atoms with van der Waals surface area (Å²) in [6.07, 6.45) is 1.97. The van der Waals surface area contributed by atoms with Crippen LogP contribution in [0.5, 0.6) is 0 Å². The van der Waals surface area contributed by atoms with Gasteiger partial charge in [-0.2, -0.15) is 5.10 Å². The Hall–Kier alpha value is -2.41. The van der Waals surface area contributed by atoms with Crippen LogP contribution in [0.4, 0.5) is 4.79 Å². The number of piperidine rings is 1. The molecule has 1 saturated heterocycles. The summed E-state index contributed by atoms with van der Waals surface area (Å²) in [5, 5.41) is 10.2. The summed E-state index contributed by atoms with van der Waals surface area (Å²) in [6.45, 7) is 2.47. The van der Waals surface area contributed by atoms with Gasteiger partial charge in [0.2, 0.25) is 0 Å². The first-order chi connectivity index (χ1) is 11.8. The molecule has 2 aromatic rings. The number of benzene rings is 1. The van der Waals surface area contributed by atoms with Crippen molar-refractivity contribution in [2.75, 3.05) is 33.4 Å². The first-order valence-corrected chi connectivity index (χ1v) is 8.27. The van der Waals surface area contributed by atoms with E-state index in [1.165, 1.54) is 0 Å². The molecule has 0 saturated carbocycles. The quantitative estimate of drug-likeness (QED) is 0.822. The highest BCUT2D eigenvalue weighted by Crippen LogP contribution is 2.26. The maximum Gasteiger partial charge on any atom is 0.317 e. The van der Waals surface area contributed by atoms with Gasteiger partial charge in [0.15, 0.2) is 5.82 Å². The maximum atomic E-state index is 12.2. The number of aromatic amines is 1. The zero-order valence-corrected chi connectivity index (χ0v) is 13.9. The van der Waals surface area contributed by atoms with Crippen molar-refractivity contribution in [3.05, 3.63) is 36.2 Å². The summed E-state index contributed by atoms with van der Waals surface area (Å²) >= 11 is 0. The van der Waals surface area contributed by atoms with Gasteiger partial charge < -0.3 is 15.0 Å². The van der Waals surface area contributed by atoms with Crippen molar-refractivity contribution in [2.45, 2.75) is 18.8 Å². The minimum atomic E-state index is -0.0421. The lowest BCUT2D eigenvalue weighted by atomic mass is 9.97. The maximum absolute atomic E-state index is 12.2. The average molecular weight is 329 g/mol. The van der Waals surface area contributed by atoms with E-state index in [0.717, 1.165) is 30.8 Å². The number of H-pyrrole nitrogens is 1. The van der Waals surface area contributed by atoms with Crippen LogP contribution in [0.1, 0.15) is 24.6 Å². The topological polar surface area (TPSA) is 83.1 Å². The van der Waals surface area contributed by atoms with E-state index in [1.807, 2.05) is 35.2 Å². The number of carbonyl (C=O) groups excluding carboxylic acids is 1. The van der Waals surface area contributed by atoms with Crippen molar-refractivity contribution >= 4 is 6.03 Å². The molecule has 1 aromatic carbocycles. The number of amides is 2. The summed E-state index contributed by atoms with van der Waals surface area (Å²) in [5.74, 6) is 1.74. The predicted octanol–water partition coefficient (Wildman–Crippen LogP) is 2.01. The normalized spacial score (nSPS) is 17.7. The molecule has 1 aliphatic rings. The molecular formula is C17H23N5O2. The van der Waals surface area contributed by atoms with Crippen LogP contribution in [0.2, 0.25) is 0 Å². The van der Waals surface area contributed by atoms with Gasteiger partial charge in [-0.15, -0.1) is 0 Å². The van der Waals surface area contributed by atoms with Crippen molar-refractivity contribution in [2.24, 2.45) is 0 Å². The summed E-state index contributed by atoms with van der Waals surface area (Å²) in [4.78, 5) is 18.7. The van der Waals surface area contributed by atoms with Gasteiger partial charge >= 0.3 is 6.03 Å². The van der Waals surface area contributed by atoms with E-state index in [2.05, 4.69) is 20.5 Å². The predicted molar refractivity (Wildman–Crippen MR) is 90.6 cm³/mol. The molecule has 1 fully saturated rings. The average Bonchev–Trinajstić information content (AvgIpc) is 3.13. The van der Waals surface area contributed by atoms with Gasteiger partial charge in [-0.25, -0.2) is 9.78 Å². The second-order valence-corrected chi connectivity index (χ2v) is 5.92. The fraction of sp³-hybridized carbons (Fsp3) is 0.471. The summed E-state index contributed by atoms with van der Waals surface area (Å²) in [5.41, 5.74) is 0.991. The van der Waals surface area contributed by atoms with Crippen LogP contribution in [-0.4, -0.2) is 59.5 Å². The number of nitrogens with one attached hydrogen (secondary N) is 2. The molecule has 0 unspecified atom stereocenters. The van der Waals surface area contributed by atoms with E-state index in [4.69, 9.17) is 4.74 Å². The monoisotopic (exact) mass is 329 g/mol. The molecule has 3 rings (SSSR count). The zero-order chi connectivity index (χ0) is 16.8. The second-order valence-electron chi connectivity index (χ2n) is 5.92. The second kappa shape index (κ2) is 7.92. The van der Waals surface area contributed by atoms with E-state index >= 15 is 0 Å². The highest BCUT2D eigenvalue weighted by atomic mass is 16.5. The lowest BCUT2D eigenvalue weighted by Gasteiger charge is -2.31. The van der Waals surface area contributed by atoms with E-state index in [1.54, 1.807) is 7.11 Å². The standard InChI is InChI=1S/C17H23N5O2/c1-24-11-9-18-17(23)22-10-5-8-14(12-22)16-19-15(20-21-16)13-6-3-2-4-7-13/h2-4,6-7,14H,5,8-12H2,1H3,(H,18,23)(H,19,20,21)/t14-/m1/s1. The number of rotatable bonds is 5. The molecule has 1 atom stereocenters. The third kappa shape index (κ3) is 3.91. The molecule has 2 N–H and O–H groups in total. The van der Waals surface area contributed by atoms with Gasteiger partial charge in [0.1, 0.15) is 5.82 Å². The molecular weight excluding hydrogens is 306 g/mol. The van der Waals surface area contributed by atoms with Crippen LogP contribution in [-0.2, 0) is 4.74 Å². The van der Waals surface area contributed by atoms with Gasteiger partial charge in [-0.05, 0) is 12.8 Å². The fourth-order valence-corrected chi connectivity index (χ4v) is 2.93. The Bertz CT molecular complexity index is 658. The minimum absolute atomic E-state index is 0.0421. The van der Waals surface area contributed by atoms with Crippen molar-refractivity contribution < 1.29 is 9.53 Å². The lowest BCUT2D eigenvalue weighted by molar-refractivity contribution is 0.167. The lowest BCUT2D eigenvalue weighted by Crippen LogP contribution is -2.45. The van der Waals surface area contributed by atoms with Crippen molar-refractivity contribution in [3.8, 4) is 11.4 Å². The van der Waals surface area contributed by atoms with E-state index < -0.39 is 0 Å². The Kier molecular flexibility index (Phi) is 5.43. The van der Waals surface area contributed by atoms with Gasteiger partial charge in [-0.1, -0.05) is 30.3 Å². The number of nitrogens with zero attached hydrogens (tertiary/aromatic N) is 3. The van der Waals surface area contributed by atoms with Crippen LogP contribution in [0, 0.1) is 0 Å². The first-order valence-electron chi connectivity index (χ1n) is 8.27. The Balaban J connectivity index is 1.63. The van der Waals surface area contributed by atoms with Gasteiger partial charge in [-0.3, -0.25) is 5.10 Å². The molecule has 7 heteroatoms. The number of methoxy groups -OCH3 is 1. The van der Waals surface area contributed by atoms with Crippen molar-refractivity contribution in [1.29, 1.82) is 0 Å². The number of hydrogen-bond acceptors (Lipinski definition) is 4. The molecule has 1 aromatic heterocycles. The molecule has 24 heavy (non-hydrogen) atoms. The van der Waals surface area contributed by atoms with Crippen LogP contribution in [0.25, 0.3) is 11.4 Å². The third-order valence-corrected chi connectivity index (χ3v) is 4.21. The van der Waals surface area contributed by atoms with E-state index in [9.17, 15) is 4.79 Å². The summed E-state index contributed by atoms with van der Waals surface area (Å²) < 4.78 is 4.96. The third-order valence-electron chi connectivity index (χ3n) is 4.21. The number of ether oxygens (including phenoxy) is 1. The van der Waals surface area contributed by atoms with Crippen LogP contribution < -0.4 is 5.32 Å². The molecule has 7 nitrogen and oxygen atoms in total. The Morgan fingerprint density at radius 1 is 1.42 bits per heavy atom. The number of carbonyl (C=O) groups is 1. The van der Waals surface area contributed by atoms with E-state index in [-0.39, 0.29) is 11.9 Å². The molecule has 0 spiro atoms. The highest BCUT2D eigenvalue weighted by molar-refractivity contribution is 5.74. The van der Waals surface area contributed by atoms with Gasteiger partial charge in [0.25, 0.3) is 0 Å². The van der Waals surface area contributed by atoms with Crippen LogP contribution in [0.15, 0.2) is 30.3 Å². The van der Waals surface area contributed by atoms with Crippen molar-refractivity contribution in [3.63, 3.8) is 0 Å². The zero-order valence-electron chi connectivity index (χ0n) is 13.9. The smallest absolute Gasteiger partial charge is 0.317 e. The largest absolute Gasteiger partial charge is 0.383 e. The number of hydrogen-bond donors (Lipinski definition) is 2. The Morgan fingerprint density at radius 3 is 3.04 bits per heavy atom. The van der Waals surface area contributed by atoms with Gasteiger partial charge in [0.05, 0.1) is 6.61 Å². The molecule has 128 valence electrons. The number of urea groups is 1. The summed E-state index contributed by atoms with van der Waals surface area (Å²) in [6, 6.07) is 9.85. The van der Waals surface area contributed by atoms with Gasteiger partial charge in [0, 0.05) is 38.2 Å². The molecule has 2 heterocycles. The molecule has 0 radical (unpaired) electrons. The fourth-order valence-electron chi connectivity index (χ4n) is 2.93. The van der Waals surface area contributed by atoms with Crippen molar-refractivity contribution in [1.82, 2.24) is 25.4 Å². The number of aromatic nitrogens is 3. The first kappa shape index (κ1) is 16.4. The van der Waals surface area contributed by atoms with Crippen LogP contribution >= 0.6 is 0 Å². The molecule has 0 bridgehead atoms. The Morgan fingerprint density at radius 2 is 2.25 bits per heavy atom. The summed E-state index contributed by atoms with van der Waals surface area (Å²) in [7, 11) is 1.62. The molecule has 1 aliphatic heterocycles. The highest BCUT2D eigenvalue weighted by Gasteiger charge is 2.27. The molecule has 2 amide bonds.